The maximum atomic E-state index is 13.5. The Bertz CT molecular complexity index is 1340. The molecular weight excluding hydrogens is 457 g/mol. The number of thiazole rings is 1. The van der Waals surface area contributed by atoms with Crippen LogP contribution in [0, 0.1) is 5.82 Å². The molecule has 0 atom stereocenters. The molecule has 1 aromatic heterocycles. The number of rotatable bonds is 6. The van der Waals surface area contributed by atoms with E-state index < -0.39 is 9.84 Å². The first-order valence-electron chi connectivity index (χ1n) is 9.25. The minimum atomic E-state index is -3.47. The molecule has 0 fully saturated rings. The van der Waals surface area contributed by atoms with E-state index in [1.165, 1.54) is 29.7 Å². The van der Waals surface area contributed by atoms with Gasteiger partial charge in [0.25, 0.3) is 0 Å². The second-order valence-corrected chi connectivity index (χ2v) is 10.3. The monoisotopic (exact) mass is 473 g/mol. The SMILES string of the molecule is CS(=O)(=O)c1ccccc1-c1sc(COc2ccccc2Cl)nc1-c1ccc(F)cc1. The lowest BCUT2D eigenvalue weighted by atomic mass is 10.1. The zero-order valence-corrected chi connectivity index (χ0v) is 18.8. The summed E-state index contributed by atoms with van der Waals surface area (Å²) < 4.78 is 44.0. The molecule has 4 rings (SSSR count). The fourth-order valence-electron chi connectivity index (χ4n) is 3.09. The molecule has 0 aliphatic carbocycles. The predicted octanol–water partition coefficient (Wildman–Crippen LogP) is 6.25. The summed E-state index contributed by atoms with van der Waals surface area (Å²) in [5.41, 5.74) is 1.80. The highest BCUT2D eigenvalue weighted by Gasteiger charge is 2.21. The van der Waals surface area contributed by atoms with Crippen LogP contribution in [0.15, 0.2) is 77.7 Å². The van der Waals surface area contributed by atoms with Crippen molar-refractivity contribution in [1.29, 1.82) is 0 Å². The van der Waals surface area contributed by atoms with Crippen LogP contribution >= 0.6 is 22.9 Å². The number of aromatic nitrogens is 1. The van der Waals surface area contributed by atoms with Crippen molar-refractivity contribution >= 4 is 32.8 Å². The van der Waals surface area contributed by atoms with E-state index >= 15 is 0 Å². The van der Waals surface area contributed by atoms with Gasteiger partial charge in [0.2, 0.25) is 0 Å². The van der Waals surface area contributed by atoms with Crippen molar-refractivity contribution in [3.8, 4) is 27.4 Å². The van der Waals surface area contributed by atoms with Crippen LogP contribution < -0.4 is 4.74 Å². The van der Waals surface area contributed by atoms with E-state index in [0.717, 1.165) is 0 Å². The number of hydrogen-bond acceptors (Lipinski definition) is 5. The standard InChI is InChI=1S/C23H17ClFNO3S2/c1-31(27,28)20-9-5-2-6-17(20)23-22(15-10-12-16(25)13-11-15)26-21(30-23)14-29-19-8-4-3-7-18(19)24/h2-13H,14H2,1H3. The van der Waals surface area contributed by atoms with Crippen LogP contribution in [0.25, 0.3) is 21.7 Å². The van der Waals surface area contributed by atoms with E-state index in [1.54, 1.807) is 48.5 Å². The van der Waals surface area contributed by atoms with E-state index in [4.69, 9.17) is 16.3 Å². The van der Waals surface area contributed by atoms with E-state index in [1.807, 2.05) is 12.1 Å². The normalized spacial score (nSPS) is 11.5. The van der Waals surface area contributed by atoms with Crippen LogP contribution in [-0.2, 0) is 16.4 Å². The minimum Gasteiger partial charge on any atom is -0.485 e. The number of para-hydroxylation sites is 1. The second-order valence-electron chi connectivity index (χ2n) is 6.78. The Hall–Kier alpha value is -2.74. The van der Waals surface area contributed by atoms with Gasteiger partial charge < -0.3 is 4.74 Å². The molecule has 158 valence electrons. The van der Waals surface area contributed by atoms with Crippen LogP contribution in [0.4, 0.5) is 4.39 Å². The molecule has 3 aromatic carbocycles. The highest BCUT2D eigenvalue weighted by atomic mass is 35.5. The van der Waals surface area contributed by atoms with E-state index in [0.29, 0.717) is 37.5 Å². The van der Waals surface area contributed by atoms with Crippen molar-refractivity contribution in [1.82, 2.24) is 4.98 Å². The Morgan fingerprint density at radius 3 is 2.39 bits per heavy atom. The van der Waals surface area contributed by atoms with Gasteiger partial charge in [0.05, 0.1) is 20.5 Å². The summed E-state index contributed by atoms with van der Waals surface area (Å²) in [6.45, 7) is 0.156. The summed E-state index contributed by atoms with van der Waals surface area (Å²) in [4.78, 5) is 5.57. The molecule has 0 saturated heterocycles. The largest absolute Gasteiger partial charge is 0.485 e. The van der Waals surface area contributed by atoms with Crippen molar-refractivity contribution < 1.29 is 17.5 Å². The molecule has 1 heterocycles. The van der Waals surface area contributed by atoms with Gasteiger partial charge in [-0.3, -0.25) is 0 Å². The maximum absolute atomic E-state index is 13.5. The lowest BCUT2D eigenvalue weighted by Gasteiger charge is -2.08. The molecule has 0 aliphatic rings. The van der Waals surface area contributed by atoms with E-state index in [9.17, 15) is 12.8 Å². The van der Waals surface area contributed by atoms with Gasteiger partial charge in [-0.2, -0.15) is 0 Å². The maximum Gasteiger partial charge on any atom is 0.176 e. The van der Waals surface area contributed by atoms with Gasteiger partial charge in [0, 0.05) is 17.4 Å². The molecule has 0 saturated carbocycles. The van der Waals surface area contributed by atoms with Gasteiger partial charge in [0.15, 0.2) is 9.84 Å². The lowest BCUT2D eigenvalue weighted by Crippen LogP contribution is -1.99. The molecule has 4 nitrogen and oxygen atoms in total. The van der Waals surface area contributed by atoms with Crippen molar-refractivity contribution in [2.45, 2.75) is 11.5 Å². The topological polar surface area (TPSA) is 56.3 Å². The number of benzene rings is 3. The highest BCUT2D eigenvalue weighted by Crippen LogP contribution is 2.40. The lowest BCUT2D eigenvalue weighted by molar-refractivity contribution is 0.306. The Morgan fingerprint density at radius 2 is 1.68 bits per heavy atom. The van der Waals surface area contributed by atoms with Crippen LogP contribution in [0.3, 0.4) is 0 Å². The van der Waals surface area contributed by atoms with Crippen LogP contribution in [0.1, 0.15) is 5.01 Å². The molecule has 0 radical (unpaired) electrons. The van der Waals surface area contributed by atoms with Crippen molar-refractivity contribution in [3.63, 3.8) is 0 Å². The second kappa shape index (κ2) is 8.78. The summed E-state index contributed by atoms with van der Waals surface area (Å²) in [6, 6.07) is 19.8. The predicted molar refractivity (Wildman–Crippen MR) is 122 cm³/mol. The first-order valence-corrected chi connectivity index (χ1v) is 12.3. The number of hydrogen-bond donors (Lipinski definition) is 0. The highest BCUT2D eigenvalue weighted by molar-refractivity contribution is 7.90. The summed E-state index contributed by atoms with van der Waals surface area (Å²) in [5, 5.41) is 1.12. The van der Waals surface area contributed by atoms with Crippen molar-refractivity contribution in [3.05, 3.63) is 88.6 Å². The van der Waals surface area contributed by atoms with Gasteiger partial charge in [-0.15, -0.1) is 11.3 Å². The average molecular weight is 474 g/mol. The molecule has 0 unspecified atom stereocenters. The average Bonchev–Trinajstić information content (AvgIpc) is 3.17. The molecule has 4 aromatic rings. The summed E-state index contributed by atoms with van der Waals surface area (Å²) in [6.07, 6.45) is 1.17. The molecule has 0 bridgehead atoms. The Morgan fingerprint density at radius 1 is 1.00 bits per heavy atom. The van der Waals surface area contributed by atoms with Gasteiger partial charge >= 0.3 is 0 Å². The summed E-state index contributed by atoms with van der Waals surface area (Å²) >= 11 is 7.49. The number of ether oxygens (including phenoxy) is 1. The number of halogens is 2. The smallest absolute Gasteiger partial charge is 0.176 e. The van der Waals surface area contributed by atoms with Gasteiger partial charge in [-0.05, 0) is 42.5 Å². The molecule has 31 heavy (non-hydrogen) atoms. The first-order chi connectivity index (χ1) is 14.8. The number of sulfone groups is 1. The molecule has 0 spiro atoms. The molecular formula is C23H17ClFNO3S2. The van der Waals surface area contributed by atoms with E-state index in [-0.39, 0.29) is 17.3 Å². The zero-order chi connectivity index (χ0) is 22.0. The fourth-order valence-corrected chi connectivity index (χ4v) is 5.28. The summed E-state index contributed by atoms with van der Waals surface area (Å²) in [7, 11) is -3.47. The third-order valence-corrected chi connectivity index (χ3v) is 7.04. The van der Waals surface area contributed by atoms with Crippen LogP contribution in [0.5, 0.6) is 5.75 Å². The summed E-state index contributed by atoms with van der Waals surface area (Å²) in [5.74, 6) is 0.167. The fraction of sp³-hybridized carbons (Fsp3) is 0.0870. The zero-order valence-electron chi connectivity index (χ0n) is 16.4. The van der Waals surface area contributed by atoms with E-state index in [2.05, 4.69) is 4.98 Å². The first kappa shape index (κ1) is 21.5. The molecule has 0 aliphatic heterocycles. The van der Waals surface area contributed by atoms with Crippen LogP contribution in [0.2, 0.25) is 5.02 Å². The Labute approximate surface area is 188 Å². The number of nitrogens with zero attached hydrogens (tertiary/aromatic N) is 1. The quantitative estimate of drug-likeness (QED) is 0.332. The Balaban J connectivity index is 1.80. The molecule has 0 amide bonds. The van der Waals surface area contributed by atoms with Crippen LogP contribution in [-0.4, -0.2) is 19.7 Å². The Kier molecular flexibility index (Phi) is 6.09. The third-order valence-electron chi connectivity index (χ3n) is 4.51. The molecule has 0 N–H and O–H groups in total. The van der Waals surface area contributed by atoms with Crippen molar-refractivity contribution in [2.75, 3.05) is 6.26 Å². The third kappa shape index (κ3) is 4.79. The van der Waals surface area contributed by atoms with Gasteiger partial charge in [0.1, 0.15) is 23.2 Å². The van der Waals surface area contributed by atoms with Crippen molar-refractivity contribution in [2.24, 2.45) is 0 Å². The molecule has 8 heteroatoms. The van der Waals surface area contributed by atoms with Gasteiger partial charge in [-0.25, -0.2) is 17.8 Å². The minimum absolute atomic E-state index is 0.156. The van der Waals surface area contributed by atoms with Gasteiger partial charge in [-0.1, -0.05) is 41.9 Å².